The Morgan fingerprint density at radius 2 is 1.86 bits per heavy atom. The number of carbonyl (C=O) groups excluding carboxylic acids is 1. The molecule has 0 bridgehead atoms. The van der Waals surface area contributed by atoms with Crippen molar-refractivity contribution in [2.24, 2.45) is 5.41 Å². The second kappa shape index (κ2) is 8.15. The van der Waals surface area contributed by atoms with Crippen LogP contribution in [-0.2, 0) is 17.8 Å². The summed E-state index contributed by atoms with van der Waals surface area (Å²) in [5.41, 5.74) is 3.47. The molecule has 3 aromatic rings. The lowest BCUT2D eigenvalue weighted by atomic mass is 9.74. The van der Waals surface area contributed by atoms with E-state index in [9.17, 15) is 4.79 Å². The van der Waals surface area contributed by atoms with Gasteiger partial charge in [-0.2, -0.15) is 9.67 Å². The van der Waals surface area contributed by atoms with Gasteiger partial charge in [-0.05, 0) is 30.4 Å². The minimum atomic E-state index is -0.0157. The molecule has 1 N–H and O–H groups in total. The monoisotopic (exact) mass is 396 g/mol. The van der Waals surface area contributed by atoms with Crippen molar-refractivity contribution in [3.63, 3.8) is 0 Å². The zero-order valence-electron chi connectivity index (χ0n) is 16.2. The number of amides is 1. The van der Waals surface area contributed by atoms with Gasteiger partial charge in [0.05, 0.1) is 23.6 Å². The summed E-state index contributed by atoms with van der Waals surface area (Å²) < 4.78 is 3.90. The fourth-order valence-electron chi connectivity index (χ4n) is 3.91. The molecule has 0 spiro atoms. The number of hydrogen-bond acceptors (Lipinski definition) is 2. The molecular weight excluding hydrogens is 372 g/mol. The smallest absolute Gasteiger partial charge is 0.286 e. The minimum absolute atomic E-state index is 0. The zero-order chi connectivity index (χ0) is 18.9. The van der Waals surface area contributed by atoms with E-state index in [-0.39, 0.29) is 29.8 Å². The van der Waals surface area contributed by atoms with Crippen LogP contribution in [0.1, 0.15) is 37.6 Å². The summed E-state index contributed by atoms with van der Waals surface area (Å²) in [5.74, 6) is 0.0207. The average Bonchev–Trinajstić information content (AvgIpc) is 3.06. The molecule has 5 nitrogen and oxygen atoms in total. The van der Waals surface area contributed by atoms with Gasteiger partial charge < -0.3 is 17.7 Å². The summed E-state index contributed by atoms with van der Waals surface area (Å²) in [6.07, 6.45) is 7.58. The van der Waals surface area contributed by atoms with Crippen LogP contribution < -0.4 is 22.3 Å². The number of nitrogens with zero attached hydrogens (tertiary/aromatic N) is 3. The summed E-state index contributed by atoms with van der Waals surface area (Å²) in [7, 11) is 0. The number of hydrogen-bond donors (Lipinski definition) is 1. The first-order chi connectivity index (χ1) is 13.0. The fourth-order valence-corrected chi connectivity index (χ4v) is 3.91. The van der Waals surface area contributed by atoms with Crippen molar-refractivity contribution in [2.45, 2.75) is 39.3 Å². The third kappa shape index (κ3) is 4.25. The topological polar surface area (TPSA) is 50.8 Å². The second-order valence-corrected chi connectivity index (χ2v) is 8.01. The highest BCUT2D eigenvalue weighted by molar-refractivity contribution is 5.75. The minimum Gasteiger partial charge on any atom is -1.00 e. The first-order valence-corrected chi connectivity index (χ1v) is 9.37. The standard InChI is InChI=1S/C22H24N4O.ClH/c1-22(2)13-19(24-21(27)16-25-11-7-4-8-12-25)18-15-23-26(20(18)14-22)17-9-5-3-6-10-17;/h3-12,15,19H,13-14,16H2,1-2H3;1H. The van der Waals surface area contributed by atoms with E-state index < -0.39 is 0 Å². The maximum absolute atomic E-state index is 12.6. The molecular formula is C22H25ClN4O. The number of benzene rings is 1. The molecule has 146 valence electrons. The van der Waals surface area contributed by atoms with Crippen LogP contribution in [0.2, 0.25) is 0 Å². The van der Waals surface area contributed by atoms with Gasteiger partial charge in [-0.1, -0.05) is 38.1 Å². The van der Waals surface area contributed by atoms with Crippen molar-refractivity contribution in [1.82, 2.24) is 15.1 Å². The molecule has 2 heterocycles. The van der Waals surface area contributed by atoms with Crippen LogP contribution in [0.15, 0.2) is 67.1 Å². The number of aromatic nitrogens is 3. The van der Waals surface area contributed by atoms with Gasteiger partial charge in [0, 0.05) is 17.7 Å². The molecule has 2 aromatic heterocycles. The van der Waals surface area contributed by atoms with Crippen molar-refractivity contribution in [2.75, 3.05) is 0 Å². The van der Waals surface area contributed by atoms with E-state index in [1.54, 1.807) is 0 Å². The summed E-state index contributed by atoms with van der Waals surface area (Å²) >= 11 is 0. The van der Waals surface area contributed by atoms with Gasteiger partial charge in [0.15, 0.2) is 12.4 Å². The van der Waals surface area contributed by atoms with Crippen molar-refractivity contribution < 1.29 is 21.8 Å². The van der Waals surface area contributed by atoms with E-state index >= 15 is 0 Å². The maximum atomic E-state index is 12.6. The maximum Gasteiger partial charge on any atom is 0.286 e. The Hall–Kier alpha value is -2.66. The Labute approximate surface area is 171 Å². The van der Waals surface area contributed by atoms with Crippen molar-refractivity contribution in [3.8, 4) is 5.69 Å². The Kier molecular flexibility index (Phi) is 5.84. The molecule has 0 aliphatic heterocycles. The molecule has 0 radical (unpaired) electrons. The largest absolute Gasteiger partial charge is 1.00 e. The quantitative estimate of drug-likeness (QED) is 0.631. The molecule has 4 rings (SSSR count). The SMILES string of the molecule is CC1(C)Cc2c(cnn2-c2ccccc2)C(NC(=O)C[n+]2ccccc2)C1.[Cl-]. The Morgan fingerprint density at radius 1 is 1.18 bits per heavy atom. The van der Waals surface area contributed by atoms with Gasteiger partial charge in [0.1, 0.15) is 0 Å². The summed E-state index contributed by atoms with van der Waals surface area (Å²) in [4.78, 5) is 12.6. The number of carbonyl (C=O) groups is 1. The van der Waals surface area contributed by atoms with E-state index in [0.717, 1.165) is 24.1 Å². The highest BCUT2D eigenvalue weighted by Gasteiger charge is 2.36. The Bertz CT molecular complexity index is 938. The highest BCUT2D eigenvalue weighted by atomic mass is 35.5. The normalized spacial score (nSPS) is 17.3. The van der Waals surface area contributed by atoms with E-state index in [2.05, 4.69) is 36.4 Å². The summed E-state index contributed by atoms with van der Waals surface area (Å²) in [6, 6.07) is 16.0. The highest BCUT2D eigenvalue weighted by Crippen LogP contribution is 2.41. The number of fused-ring (bicyclic) bond motifs is 1. The Morgan fingerprint density at radius 3 is 2.57 bits per heavy atom. The average molecular weight is 397 g/mol. The van der Waals surface area contributed by atoms with Crippen LogP contribution in [-0.4, -0.2) is 15.7 Å². The molecule has 1 amide bonds. The van der Waals surface area contributed by atoms with Gasteiger partial charge in [-0.3, -0.25) is 4.79 Å². The van der Waals surface area contributed by atoms with E-state index in [0.29, 0.717) is 6.54 Å². The molecule has 1 unspecified atom stereocenters. The predicted molar refractivity (Wildman–Crippen MR) is 103 cm³/mol. The van der Waals surface area contributed by atoms with Crippen molar-refractivity contribution >= 4 is 5.91 Å². The van der Waals surface area contributed by atoms with Crippen LogP contribution in [0.4, 0.5) is 0 Å². The lowest BCUT2D eigenvalue weighted by molar-refractivity contribution is -0.684. The van der Waals surface area contributed by atoms with E-state index in [1.165, 1.54) is 5.69 Å². The van der Waals surface area contributed by atoms with Crippen LogP contribution in [0.3, 0.4) is 0 Å². The summed E-state index contributed by atoms with van der Waals surface area (Å²) in [6.45, 7) is 4.83. The number of rotatable bonds is 4. The van der Waals surface area contributed by atoms with E-state index in [4.69, 9.17) is 0 Å². The lowest BCUT2D eigenvalue weighted by Crippen LogP contribution is -3.00. The summed E-state index contributed by atoms with van der Waals surface area (Å²) in [5, 5.41) is 7.87. The van der Waals surface area contributed by atoms with Crippen molar-refractivity contribution in [3.05, 3.63) is 78.4 Å². The van der Waals surface area contributed by atoms with Gasteiger partial charge >= 0.3 is 0 Å². The molecule has 0 saturated carbocycles. The number of halogens is 1. The van der Waals surface area contributed by atoms with Gasteiger partial charge in [0.25, 0.3) is 5.91 Å². The first-order valence-electron chi connectivity index (χ1n) is 9.37. The molecule has 1 atom stereocenters. The van der Waals surface area contributed by atoms with Gasteiger partial charge in [0.2, 0.25) is 6.54 Å². The predicted octanol–water partition coefficient (Wildman–Crippen LogP) is -0.00630. The molecule has 28 heavy (non-hydrogen) atoms. The van der Waals surface area contributed by atoms with Gasteiger partial charge in [-0.15, -0.1) is 0 Å². The van der Waals surface area contributed by atoms with E-state index in [1.807, 2.05) is 64.2 Å². The molecule has 0 saturated heterocycles. The molecule has 0 fully saturated rings. The van der Waals surface area contributed by atoms with Gasteiger partial charge in [-0.25, -0.2) is 4.68 Å². The molecule has 1 aromatic carbocycles. The number of para-hydroxylation sites is 1. The second-order valence-electron chi connectivity index (χ2n) is 8.01. The van der Waals surface area contributed by atoms with Crippen molar-refractivity contribution in [1.29, 1.82) is 0 Å². The number of nitrogens with one attached hydrogen (secondary N) is 1. The lowest BCUT2D eigenvalue weighted by Gasteiger charge is -2.35. The molecule has 1 aliphatic carbocycles. The van der Waals surface area contributed by atoms with Crippen LogP contribution in [0.25, 0.3) is 5.69 Å². The fraction of sp³-hybridized carbons (Fsp3) is 0.318. The third-order valence-corrected chi connectivity index (χ3v) is 5.12. The van der Waals surface area contributed by atoms with Crippen LogP contribution in [0.5, 0.6) is 0 Å². The molecule has 1 aliphatic rings. The zero-order valence-corrected chi connectivity index (χ0v) is 16.9. The number of pyridine rings is 1. The van der Waals surface area contributed by atoms with Crippen LogP contribution >= 0.6 is 0 Å². The molecule has 6 heteroatoms. The third-order valence-electron chi connectivity index (χ3n) is 5.12. The first kappa shape index (κ1) is 20.1. The van der Waals surface area contributed by atoms with Crippen LogP contribution in [0, 0.1) is 5.41 Å². The Balaban J connectivity index is 0.00000225.